The number of hydrogen-bond donors (Lipinski definition) is 4. The molecule has 1 aromatic rings. The average Bonchev–Trinajstić information content (AvgIpc) is 2.95. The smallest absolute Gasteiger partial charge is 0.279 e. The summed E-state index contributed by atoms with van der Waals surface area (Å²) in [6.45, 7) is 5.82. The predicted octanol–water partition coefficient (Wildman–Crippen LogP) is 0.431. The molecule has 1 aliphatic carbocycles. The number of fused-ring (bicyclic) bond motifs is 1. The number of aryl methyl sites for hydroxylation is 2. The van der Waals surface area contributed by atoms with Crippen LogP contribution in [0.5, 0.6) is 0 Å². The fraction of sp³-hybridized carbons (Fsp3) is 0.667. The van der Waals surface area contributed by atoms with Crippen molar-refractivity contribution in [3.63, 3.8) is 0 Å². The summed E-state index contributed by atoms with van der Waals surface area (Å²) in [6, 6.07) is 2.05. The molecule has 1 fully saturated rings. The predicted molar refractivity (Wildman–Crippen MR) is 108 cm³/mol. The number of carbonyl (C=O) groups is 1. The maximum absolute atomic E-state index is 12.3. The van der Waals surface area contributed by atoms with Gasteiger partial charge in [-0.2, -0.15) is 0 Å². The number of carbonyl (C=O) groups excluding carboxylic acids is 1. The first-order valence-electron chi connectivity index (χ1n) is 9.59. The molecule has 8 heteroatoms. The number of thiophene rings is 1. The first-order chi connectivity index (χ1) is 12.7. The largest absolute Gasteiger partial charge is 0.370 e. The highest BCUT2D eigenvalue weighted by molar-refractivity contribution is 7.80. The molecule has 3 rings (SSSR count). The van der Waals surface area contributed by atoms with Crippen molar-refractivity contribution in [2.75, 3.05) is 39.4 Å². The summed E-state index contributed by atoms with van der Waals surface area (Å²) in [5, 5.41) is 3.62. The average molecular weight is 398 g/mol. The molecule has 0 atom stereocenters. The van der Waals surface area contributed by atoms with Gasteiger partial charge in [-0.1, -0.05) is 6.42 Å². The van der Waals surface area contributed by atoms with Gasteiger partial charge in [-0.05, 0) is 49.5 Å². The van der Waals surface area contributed by atoms with Gasteiger partial charge in [0.15, 0.2) is 5.11 Å². The van der Waals surface area contributed by atoms with E-state index in [1.807, 2.05) is 6.07 Å². The molecular weight excluding hydrogens is 368 g/mol. The molecule has 26 heavy (non-hydrogen) atoms. The van der Waals surface area contributed by atoms with E-state index in [1.165, 1.54) is 29.7 Å². The van der Waals surface area contributed by atoms with Gasteiger partial charge in [0.1, 0.15) is 13.1 Å². The summed E-state index contributed by atoms with van der Waals surface area (Å²) in [5.41, 5.74) is 6.87. The standard InChI is InChI=1S/C18H28N4O2S2/c23-17(16-13-14-5-2-1-3-6-15(14)26-16)20-21-18(25)19-7-4-8-22-9-11-24-12-10-22/h13H,1-12H2,(H,20,23)(H2,19,21,25)/p+1. The van der Waals surface area contributed by atoms with Crippen LogP contribution in [-0.2, 0) is 17.6 Å². The van der Waals surface area contributed by atoms with Crippen LogP contribution < -0.4 is 21.1 Å². The molecule has 0 saturated carbocycles. The fourth-order valence-corrected chi connectivity index (χ4v) is 4.75. The number of morpholine rings is 1. The minimum absolute atomic E-state index is 0.106. The number of amides is 1. The Balaban J connectivity index is 1.33. The molecule has 1 aromatic heterocycles. The highest BCUT2D eigenvalue weighted by atomic mass is 32.1. The van der Waals surface area contributed by atoms with E-state index < -0.39 is 0 Å². The molecule has 0 bridgehead atoms. The third-order valence-corrected chi connectivity index (χ3v) is 6.43. The van der Waals surface area contributed by atoms with Crippen molar-refractivity contribution in [3.05, 3.63) is 21.4 Å². The molecule has 0 unspecified atom stereocenters. The molecule has 2 heterocycles. The highest BCUT2D eigenvalue weighted by Gasteiger charge is 2.16. The van der Waals surface area contributed by atoms with Crippen molar-refractivity contribution in [2.24, 2.45) is 0 Å². The maximum Gasteiger partial charge on any atom is 0.279 e. The summed E-state index contributed by atoms with van der Waals surface area (Å²) in [4.78, 5) is 16.1. The Hall–Kier alpha value is -1.22. The van der Waals surface area contributed by atoms with Crippen LogP contribution in [0.25, 0.3) is 0 Å². The number of ether oxygens (including phenoxy) is 1. The number of hydrogen-bond acceptors (Lipinski definition) is 4. The van der Waals surface area contributed by atoms with Crippen molar-refractivity contribution < 1.29 is 14.4 Å². The Kier molecular flexibility index (Phi) is 7.67. The normalized spacial score (nSPS) is 17.8. The van der Waals surface area contributed by atoms with Crippen LogP contribution in [0.15, 0.2) is 6.07 Å². The van der Waals surface area contributed by atoms with Crippen LogP contribution in [0, 0.1) is 0 Å². The maximum atomic E-state index is 12.3. The summed E-state index contributed by atoms with van der Waals surface area (Å²) >= 11 is 6.85. The van der Waals surface area contributed by atoms with Gasteiger partial charge in [-0.3, -0.25) is 15.6 Å². The summed E-state index contributed by atoms with van der Waals surface area (Å²) in [5.74, 6) is -0.106. The highest BCUT2D eigenvalue weighted by Crippen LogP contribution is 2.28. The monoisotopic (exact) mass is 397 g/mol. The van der Waals surface area contributed by atoms with Crippen molar-refractivity contribution in [1.82, 2.24) is 16.2 Å². The van der Waals surface area contributed by atoms with E-state index in [9.17, 15) is 4.79 Å². The zero-order valence-electron chi connectivity index (χ0n) is 15.2. The molecule has 4 N–H and O–H groups in total. The molecule has 6 nitrogen and oxygen atoms in total. The lowest BCUT2D eigenvalue weighted by molar-refractivity contribution is -0.908. The number of hydrazine groups is 1. The van der Waals surface area contributed by atoms with Crippen molar-refractivity contribution in [3.8, 4) is 0 Å². The first kappa shape index (κ1) is 19.5. The Bertz CT molecular complexity index is 591. The third-order valence-electron chi connectivity index (χ3n) is 4.95. The van der Waals surface area contributed by atoms with Gasteiger partial charge in [0.05, 0.1) is 24.6 Å². The van der Waals surface area contributed by atoms with E-state index >= 15 is 0 Å². The van der Waals surface area contributed by atoms with E-state index in [0.29, 0.717) is 5.11 Å². The van der Waals surface area contributed by atoms with Gasteiger partial charge in [-0.25, -0.2) is 0 Å². The van der Waals surface area contributed by atoms with Gasteiger partial charge in [0.2, 0.25) is 0 Å². The Morgan fingerprint density at radius 3 is 2.85 bits per heavy atom. The lowest BCUT2D eigenvalue weighted by Gasteiger charge is -2.23. The fourth-order valence-electron chi connectivity index (χ4n) is 3.45. The first-order valence-corrected chi connectivity index (χ1v) is 10.8. The van der Waals surface area contributed by atoms with E-state index in [-0.39, 0.29) is 5.91 Å². The molecule has 1 amide bonds. The number of rotatable bonds is 5. The zero-order chi connectivity index (χ0) is 18.2. The number of quaternary nitrogens is 1. The molecule has 0 radical (unpaired) electrons. The van der Waals surface area contributed by atoms with Crippen LogP contribution >= 0.6 is 23.6 Å². The second kappa shape index (κ2) is 10.2. The van der Waals surface area contributed by atoms with E-state index in [0.717, 1.165) is 63.5 Å². The van der Waals surface area contributed by atoms with Crippen LogP contribution in [0.3, 0.4) is 0 Å². The minimum Gasteiger partial charge on any atom is -0.370 e. The van der Waals surface area contributed by atoms with Crippen LogP contribution in [0.1, 0.15) is 45.8 Å². The number of nitrogens with one attached hydrogen (secondary N) is 4. The molecule has 144 valence electrons. The minimum atomic E-state index is -0.106. The topological polar surface area (TPSA) is 66.8 Å². The Labute approximate surface area is 164 Å². The molecule has 2 aliphatic rings. The Morgan fingerprint density at radius 2 is 2.00 bits per heavy atom. The van der Waals surface area contributed by atoms with Gasteiger partial charge < -0.3 is 15.0 Å². The SMILES string of the molecule is O=C(NNC(=S)NCCC[NH+]1CCOCC1)c1cc2c(s1)CCCCC2. The summed E-state index contributed by atoms with van der Waals surface area (Å²) in [7, 11) is 0. The van der Waals surface area contributed by atoms with Gasteiger partial charge >= 0.3 is 0 Å². The molecule has 0 spiro atoms. The molecule has 1 saturated heterocycles. The quantitative estimate of drug-likeness (QED) is 0.251. The van der Waals surface area contributed by atoms with Crippen molar-refractivity contribution in [1.29, 1.82) is 0 Å². The van der Waals surface area contributed by atoms with Crippen LogP contribution in [-0.4, -0.2) is 50.4 Å². The van der Waals surface area contributed by atoms with Gasteiger partial charge in [-0.15, -0.1) is 11.3 Å². The van der Waals surface area contributed by atoms with Gasteiger partial charge in [0.25, 0.3) is 5.91 Å². The molecule has 1 aliphatic heterocycles. The van der Waals surface area contributed by atoms with Crippen LogP contribution in [0.2, 0.25) is 0 Å². The Morgan fingerprint density at radius 1 is 1.19 bits per heavy atom. The van der Waals surface area contributed by atoms with Crippen molar-refractivity contribution in [2.45, 2.75) is 38.5 Å². The van der Waals surface area contributed by atoms with Crippen molar-refractivity contribution >= 4 is 34.6 Å². The lowest BCUT2D eigenvalue weighted by atomic mass is 10.1. The van der Waals surface area contributed by atoms with E-state index in [2.05, 4.69) is 16.2 Å². The van der Waals surface area contributed by atoms with Gasteiger partial charge in [0, 0.05) is 17.8 Å². The summed E-state index contributed by atoms with van der Waals surface area (Å²) in [6.07, 6.45) is 6.99. The lowest BCUT2D eigenvalue weighted by Crippen LogP contribution is -3.14. The number of thiocarbonyl (C=S) groups is 1. The zero-order valence-corrected chi connectivity index (χ0v) is 16.8. The molecule has 0 aromatic carbocycles. The summed E-state index contributed by atoms with van der Waals surface area (Å²) < 4.78 is 5.36. The second-order valence-electron chi connectivity index (χ2n) is 6.92. The third kappa shape index (κ3) is 5.90. The van der Waals surface area contributed by atoms with E-state index in [4.69, 9.17) is 17.0 Å². The second-order valence-corrected chi connectivity index (χ2v) is 8.47. The van der Waals surface area contributed by atoms with Crippen LogP contribution in [0.4, 0.5) is 0 Å². The molecular formula is C18H29N4O2S2+. The van der Waals surface area contributed by atoms with E-state index in [1.54, 1.807) is 16.2 Å².